The Labute approximate surface area is 120 Å². The molecular weight excluding hydrogens is 278 g/mol. The minimum absolute atomic E-state index is 0.160. The molecule has 112 valence electrons. The Hall–Kier alpha value is -1.11. The van der Waals surface area contributed by atoms with Gasteiger partial charge in [-0.3, -0.25) is 0 Å². The van der Waals surface area contributed by atoms with E-state index in [4.69, 9.17) is 9.47 Å². The highest BCUT2D eigenvalue weighted by Crippen LogP contribution is 2.28. The van der Waals surface area contributed by atoms with Gasteiger partial charge in [0.05, 0.1) is 18.1 Å². The van der Waals surface area contributed by atoms with Crippen molar-refractivity contribution in [3.63, 3.8) is 0 Å². The van der Waals surface area contributed by atoms with E-state index < -0.39 is 10.0 Å². The van der Waals surface area contributed by atoms with Crippen molar-refractivity contribution in [2.75, 3.05) is 27.3 Å². The van der Waals surface area contributed by atoms with E-state index in [1.54, 1.807) is 39.3 Å². The number of piperidine rings is 1. The van der Waals surface area contributed by atoms with Crippen molar-refractivity contribution in [3.05, 3.63) is 23.8 Å². The molecule has 1 fully saturated rings. The van der Waals surface area contributed by atoms with Crippen LogP contribution >= 0.6 is 0 Å². The molecule has 20 heavy (non-hydrogen) atoms. The van der Waals surface area contributed by atoms with Crippen molar-refractivity contribution in [2.45, 2.75) is 30.8 Å². The zero-order valence-corrected chi connectivity index (χ0v) is 12.9. The Morgan fingerprint density at radius 1 is 1.20 bits per heavy atom. The molecule has 0 spiro atoms. The summed E-state index contributed by atoms with van der Waals surface area (Å²) >= 11 is 0. The lowest BCUT2D eigenvalue weighted by Crippen LogP contribution is -2.40. The molecule has 0 N–H and O–H groups in total. The fourth-order valence-electron chi connectivity index (χ4n) is 2.54. The standard InChI is InChI=1S/C14H21NO4S/c1-11-13(19-3)5-4-6-14(11)20(16,17)15-9-7-12(18-2)8-10-15/h4-6,12H,7-10H2,1-3H3. The molecule has 5 nitrogen and oxygen atoms in total. The quantitative estimate of drug-likeness (QED) is 0.851. The number of nitrogens with zero attached hydrogens (tertiary/aromatic N) is 1. The first-order chi connectivity index (χ1) is 9.50. The van der Waals surface area contributed by atoms with E-state index in [0.717, 1.165) is 12.8 Å². The van der Waals surface area contributed by atoms with Gasteiger partial charge >= 0.3 is 0 Å². The molecule has 1 saturated heterocycles. The second-order valence-corrected chi connectivity index (χ2v) is 6.83. The minimum atomic E-state index is -3.46. The fraction of sp³-hybridized carbons (Fsp3) is 0.571. The molecule has 1 aliphatic heterocycles. The zero-order valence-electron chi connectivity index (χ0n) is 12.1. The van der Waals surface area contributed by atoms with Gasteiger partial charge in [0, 0.05) is 25.8 Å². The van der Waals surface area contributed by atoms with E-state index >= 15 is 0 Å². The molecule has 1 heterocycles. The van der Waals surface area contributed by atoms with Gasteiger partial charge in [0.1, 0.15) is 5.75 Å². The summed E-state index contributed by atoms with van der Waals surface area (Å²) in [4.78, 5) is 0.327. The average Bonchev–Trinajstić information content (AvgIpc) is 2.47. The van der Waals surface area contributed by atoms with Gasteiger partial charge in [-0.05, 0) is 31.9 Å². The van der Waals surface area contributed by atoms with E-state index in [9.17, 15) is 8.42 Å². The molecule has 1 aromatic rings. The van der Waals surface area contributed by atoms with Crippen LogP contribution in [0, 0.1) is 6.92 Å². The van der Waals surface area contributed by atoms with Crippen LogP contribution in [0.5, 0.6) is 5.75 Å². The Morgan fingerprint density at radius 3 is 2.40 bits per heavy atom. The van der Waals surface area contributed by atoms with Crippen LogP contribution in [0.15, 0.2) is 23.1 Å². The average molecular weight is 299 g/mol. The van der Waals surface area contributed by atoms with Crippen molar-refractivity contribution in [1.82, 2.24) is 4.31 Å². The molecule has 0 unspecified atom stereocenters. The van der Waals surface area contributed by atoms with Crippen LogP contribution in [0.2, 0.25) is 0 Å². The number of hydrogen-bond acceptors (Lipinski definition) is 4. The number of ether oxygens (including phenoxy) is 2. The van der Waals surface area contributed by atoms with Gasteiger partial charge in [-0.2, -0.15) is 4.31 Å². The molecule has 1 aliphatic rings. The summed E-state index contributed by atoms with van der Waals surface area (Å²) in [5.74, 6) is 0.595. The first kappa shape index (κ1) is 15.3. The van der Waals surface area contributed by atoms with Crippen LogP contribution in [0.1, 0.15) is 18.4 Å². The second-order valence-electron chi connectivity index (χ2n) is 4.92. The Morgan fingerprint density at radius 2 is 1.85 bits per heavy atom. The predicted molar refractivity (Wildman–Crippen MR) is 76.5 cm³/mol. The maximum atomic E-state index is 12.7. The predicted octanol–water partition coefficient (Wildman–Crippen LogP) is 1.80. The normalized spacial score (nSPS) is 18.1. The zero-order chi connectivity index (χ0) is 14.8. The van der Waals surface area contributed by atoms with Gasteiger partial charge in [-0.15, -0.1) is 0 Å². The summed E-state index contributed by atoms with van der Waals surface area (Å²) in [5.41, 5.74) is 0.656. The van der Waals surface area contributed by atoms with Crippen molar-refractivity contribution in [3.8, 4) is 5.75 Å². The van der Waals surface area contributed by atoms with Gasteiger partial charge in [0.25, 0.3) is 0 Å². The van der Waals surface area contributed by atoms with Gasteiger partial charge in [-0.25, -0.2) is 8.42 Å². The smallest absolute Gasteiger partial charge is 0.243 e. The third-order valence-electron chi connectivity index (χ3n) is 3.81. The highest BCUT2D eigenvalue weighted by atomic mass is 32.2. The Balaban J connectivity index is 2.27. The molecule has 0 bridgehead atoms. The van der Waals surface area contributed by atoms with Crippen molar-refractivity contribution in [1.29, 1.82) is 0 Å². The van der Waals surface area contributed by atoms with Gasteiger partial charge in [0.15, 0.2) is 0 Å². The SMILES string of the molecule is COc1cccc(S(=O)(=O)N2CCC(OC)CC2)c1C. The molecule has 0 atom stereocenters. The van der Waals surface area contributed by atoms with E-state index in [2.05, 4.69) is 0 Å². The lowest BCUT2D eigenvalue weighted by Gasteiger charge is -2.30. The van der Waals surface area contributed by atoms with Crippen LogP contribution in [-0.4, -0.2) is 46.1 Å². The summed E-state index contributed by atoms with van der Waals surface area (Å²) < 4.78 is 37.4. The number of rotatable bonds is 4. The van der Waals surface area contributed by atoms with E-state index in [1.807, 2.05) is 0 Å². The highest BCUT2D eigenvalue weighted by Gasteiger charge is 2.30. The van der Waals surface area contributed by atoms with Crippen LogP contribution in [0.4, 0.5) is 0 Å². The summed E-state index contributed by atoms with van der Waals surface area (Å²) in [6.45, 7) is 2.77. The maximum absolute atomic E-state index is 12.7. The van der Waals surface area contributed by atoms with Crippen molar-refractivity contribution >= 4 is 10.0 Å². The van der Waals surface area contributed by atoms with Gasteiger partial charge in [-0.1, -0.05) is 6.07 Å². The monoisotopic (exact) mass is 299 g/mol. The Bertz CT molecular complexity index is 563. The molecule has 0 aliphatic carbocycles. The molecule has 0 saturated carbocycles. The number of benzene rings is 1. The van der Waals surface area contributed by atoms with Crippen LogP contribution in [0.25, 0.3) is 0 Å². The van der Waals surface area contributed by atoms with E-state index in [1.165, 1.54) is 4.31 Å². The molecule has 2 rings (SSSR count). The molecular formula is C14H21NO4S. The largest absolute Gasteiger partial charge is 0.496 e. The minimum Gasteiger partial charge on any atom is -0.496 e. The number of sulfonamides is 1. The summed E-state index contributed by atoms with van der Waals surface area (Å²) in [6.07, 6.45) is 1.63. The first-order valence-corrected chi connectivity index (χ1v) is 8.11. The molecule has 0 amide bonds. The van der Waals surface area contributed by atoms with E-state index in [0.29, 0.717) is 29.3 Å². The van der Waals surface area contributed by atoms with Crippen LogP contribution in [-0.2, 0) is 14.8 Å². The van der Waals surface area contributed by atoms with Gasteiger partial charge < -0.3 is 9.47 Å². The third-order valence-corrected chi connectivity index (χ3v) is 5.85. The topological polar surface area (TPSA) is 55.8 Å². The van der Waals surface area contributed by atoms with Gasteiger partial charge in [0.2, 0.25) is 10.0 Å². The summed E-state index contributed by atoms with van der Waals surface area (Å²) in [5, 5.41) is 0. The second kappa shape index (κ2) is 6.11. The summed E-state index contributed by atoms with van der Waals surface area (Å²) in [6, 6.07) is 5.11. The Kier molecular flexibility index (Phi) is 4.67. The van der Waals surface area contributed by atoms with Crippen molar-refractivity contribution < 1.29 is 17.9 Å². The molecule has 0 radical (unpaired) electrons. The van der Waals surface area contributed by atoms with Crippen LogP contribution in [0.3, 0.4) is 0 Å². The number of hydrogen-bond donors (Lipinski definition) is 0. The molecule has 6 heteroatoms. The van der Waals surface area contributed by atoms with Crippen LogP contribution < -0.4 is 4.74 Å². The first-order valence-electron chi connectivity index (χ1n) is 6.67. The van der Waals surface area contributed by atoms with E-state index in [-0.39, 0.29) is 6.10 Å². The summed E-state index contributed by atoms with van der Waals surface area (Å²) in [7, 11) is -0.247. The lowest BCUT2D eigenvalue weighted by molar-refractivity contribution is 0.0604. The highest BCUT2D eigenvalue weighted by molar-refractivity contribution is 7.89. The number of methoxy groups -OCH3 is 2. The lowest BCUT2D eigenvalue weighted by atomic mass is 10.1. The molecule has 0 aromatic heterocycles. The third kappa shape index (κ3) is 2.82. The molecule has 1 aromatic carbocycles. The van der Waals surface area contributed by atoms with Crippen molar-refractivity contribution in [2.24, 2.45) is 0 Å². The fourth-order valence-corrected chi connectivity index (χ4v) is 4.25. The maximum Gasteiger partial charge on any atom is 0.243 e.